The van der Waals surface area contributed by atoms with Crippen molar-refractivity contribution >= 4 is 17.5 Å². The lowest BCUT2D eigenvalue weighted by Crippen LogP contribution is -2.45. The average Bonchev–Trinajstić information content (AvgIpc) is 2.06. The van der Waals surface area contributed by atoms with E-state index in [4.69, 9.17) is 11.6 Å². The van der Waals surface area contributed by atoms with Gasteiger partial charge >= 0.3 is 0 Å². The fourth-order valence-electron chi connectivity index (χ4n) is 1.32. The van der Waals surface area contributed by atoms with Gasteiger partial charge in [-0.1, -0.05) is 6.42 Å². The van der Waals surface area contributed by atoms with Crippen LogP contribution >= 0.6 is 11.6 Å². The second kappa shape index (κ2) is 5.38. The molecule has 70 valence electrons. The summed E-state index contributed by atoms with van der Waals surface area (Å²) in [5.41, 5.74) is 2.83. The summed E-state index contributed by atoms with van der Waals surface area (Å²) in [7, 11) is 0. The molecule has 0 atom stereocenters. The summed E-state index contributed by atoms with van der Waals surface area (Å²) >= 11 is 5.43. The predicted molar refractivity (Wildman–Crippen MR) is 48.9 cm³/mol. The van der Waals surface area contributed by atoms with Crippen molar-refractivity contribution < 1.29 is 4.79 Å². The fraction of sp³-hybridized carbons (Fsp3) is 0.875. The van der Waals surface area contributed by atoms with Crippen molar-refractivity contribution in [3.05, 3.63) is 0 Å². The molecule has 0 bridgehead atoms. The van der Waals surface area contributed by atoms with Gasteiger partial charge in [0, 0.05) is 25.4 Å². The number of nitrogens with one attached hydrogen (secondary N) is 1. The van der Waals surface area contributed by atoms with Crippen LogP contribution in [0, 0.1) is 0 Å². The van der Waals surface area contributed by atoms with Gasteiger partial charge in [0.05, 0.1) is 0 Å². The van der Waals surface area contributed by atoms with Gasteiger partial charge in [0.25, 0.3) is 0 Å². The van der Waals surface area contributed by atoms with Gasteiger partial charge in [0.15, 0.2) is 0 Å². The lowest BCUT2D eigenvalue weighted by Gasteiger charge is -2.26. The zero-order valence-corrected chi connectivity index (χ0v) is 7.94. The molecule has 0 radical (unpaired) electrons. The standard InChI is InChI=1S/C8H15ClN2O/c9-5-4-8(12)10-11-6-2-1-3-7-11/h1-7H2,(H,10,12). The number of carbonyl (C=O) groups is 1. The van der Waals surface area contributed by atoms with Gasteiger partial charge in [-0.3, -0.25) is 10.2 Å². The van der Waals surface area contributed by atoms with Crippen molar-refractivity contribution in [2.24, 2.45) is 0 Å². The highest BCUT2D eigenvalue weighted by Crippen LogP contribution is 2.05. The molecule has 12 heavy (non-hydrogen) atoms. The summed E-state index contributed by atoms with van der Waals surface area (Å²) in [5.74, 6) is 0.437. The molecule has 1 aliphatic rings. The van der Waals surface area contributed by atoms with Crippen molar-refractivity contribution in [3.8, 4) is 0 Å². The topological polar surface area (TPSA) is 32.3 Å². The third-order valence-electron chi connectivity index (χ3n) is 1.96. The largest absolute Gasteiger partial charge is 0.289 e. The van der Waals surface area contributed by atoms with Gasteiger partial charge in [0.1, 0.15) is 0 Å². The van der Waals surface area contributed by atoms with E-state index >= 15 is 0 Å². The Balaban J connectivity index is 2.15. The van der Waals surface area contributed by atoms with Crippen LogP contribution in [0.4, 0.5) is 0 Å². The molecule has 0 saturated carbocycles. The summed E-state index contributed by atoms with van der Waals surface area (Å²) in [4.78, 5) is 11.1. The first-order valence-corrected chi connectivity index (χ1v) is 4.97. The molecular formula is C8H15ClN2O. The second-order valence-electron chi connectivity index (χ2n) is 3.02. The number of nitrogens with zero attached hydrogens (tertiary/aromatic N) is 1. The number of amides is 1. The summed E-state index contributed by atoms with van der Waals surface area (Å²) in [6, 6.07) is 0. The number of alkyl halides is 1. The third kappa shape index (κ3) is 3.41. The Kier molecular flexibility index (Phi) is 4.40. The van der Waals surface area contributed by atoms with Gasteiger partial charge in [-0.2, -0.15) is 0 Å². The molecule has 1 fully saturated rings. The maximum atomic E-state index is 11.1. The molecule has 1 aliphatic heterocycles. The molecule has 1 N–H and O–H groups in total. The van der Waals surface area contributed by atoms with Crippen LogP contribution in [0.1, 0.15) is 25.7 Å². The average molecular weight is 191 g/mol. The van der Waals surface area contributed by atoms with Crippen LogP contribution < -0.4 is 5.43 Å². The van der Waals surface area contributed by atoms with Crippen molar-refractivity contribution in [3.63, 3.8) is 0 Å². The molecular weight excluding hydrogens is 176 g/mol. The van der Waals surface area contributed by atoms with E-state index in [9.17, 15) is 4.79 Å². The highest BCUT2D eigenvalue weighted by atomic mass is 35.5. The Morgan fingerprint density at radius 2 is 2.00 bits per heavy atom. The van der Waals surface area contributed by atoms with Gasteiger partial charge in [-0.05, 0) is 12.8 Å². The minimum atomic E-state index is 0.0342. The lowest BCUT2D eigenvalue weighted by molar-refractivity contribution is -0.125. The molecule has 0 aromatic heterocycles. The van der Waals surface area contributed by atoms with Crippen LogP contribution in [0.5, 0.6) is 0 Å². The Hall–Kier alpha value is -0.280. The molecule has 0 aromatic carbocycles. The minimum Gasteiger partial charge on any atom is -0.289 e. The number of hydrogen-bond donors (Lipinski definition) is 1. The Bertz CT molecular complexity index is 146. The highest BCUT2D eigenvalue weighted by molar-refractivity contribution is 6.18. The smallest absolute Gasteiger partial charge is 0.235 e. The number of hydrazine groups is 1. The van der Waals surface area contributed by atoms with E-state index in [0.717, 1.165) is 13.1 Å². The predicted octanol–water partition coefficient (Wildman–Crippen LogP) is 1.13. The molecule has 1 amide bonds. The van der Waals surface area contributed by atoms with Crippen LogP contribution in [0.15, 0.2) is 0 Å². The lowest BCUT2D eigenvalue weighted by atomic mass is 10.2. The maximum Gasteiger partial charge on any atom is 0.235 e. The van der Waals surface area contributed by atoms with Crippen LogP contribution in [-0.2, 0) is 4.79 Å². The third-order valence-corrected chi connectivity index (χ3v) is 2.15. The molecule has 0 unspecified atom stereocenters. The van der Waals surface area contributed by atoms with Crippen LogP contribution in [0.2, 0.25) is 0 Å². The Morgan fingerprint density at radius 3 is 2.58 bits per heavy atom. The first-order chi connectivity index (χ1) is 5.83. The number of halogens is 1. The number of hydrogen-bond acceptors (Lipinski definition) is 2. The molecule has 0 spiro atoms. The zero-order valence-electron chi connectivity index (χ0n) is 7.18. The minimum absolute atomic E-state index is 0.0342. The number of piperidine rings is 1. The van der Waals surface area contributed by atoms with Crippen molar-refractivity contribution in [1.29, 1.82) is 0 Å². The molecule has 0 aromatic rings. The molecule has 1 heterocycles. The van der Waals surface area contributed by atoms with Gasteiger partial charge in [-0.25, -0.2) is 5.01 Å². The van der Waals surface area contributed by atoms with Gasteiger partial charge < -0.3 is 0 Å². The molecule has 1 rings (SSSR count). The molecule has 0 aliphatic carbocycles. The van der Waals surface area contributed by atoms with E-state index in [1.54, 1.807) is 0 Å². The van der Waals surface area contributed by atoms with Gasteiger partial charge in [0.2, 0.25) is 5.91 Å². The first kappa shape index (κ1) is 9.81. The SMILES string of the molecule is O=C(CCCl)NN1CCCCC1. The van der Waals surface area contributed by atoms with E-state index in [1.165, 1.54) is 19.3 Å². The summed E-state index contributed by atoms with van der Waals surface area (Å²) < 4.78 is 0. The molecule has 3 nitrogen and oxygen atoms in total. The van der Waals surface area contributed by atoms with Crippen LogP contribution in [0.3, 0.4) is 0 Å². The molecule has 1 saturated heterocycles. The van der Waals surface area contributed by atoms with Crippen LogP contribution in [0.25, 0.3) is 0 Å². The number of rotatable bonds is 3. The van der Waals surface area contributed by atoms with Crippen molar-refractivity contribution in [2.45, 2.75) is 25.7 Å². The van der Waals surface area contributed by atoms with Crippen molar-refractivity contribution in [2.75, 3.05) is 19.0 Å². The highest BCUT2D eigenvalue weighted by Gasteiger charge is 2.11. The Morgan fingerprint density at radius 1 is 1.33 bits per heavy atom. The first-order valence-electron chi connectivity index (χ1n) is 4.43. The molecule has 4 heteroatoms. The quantitative estimate of drug-likeness (QED) is 0.677. The van der Waals surface area contributed by atoms with Crippen molar-refractivity contribution in [1.82, 2.24) is 10.4 Å². The summed E-state index contributed by atoms with van der Waals surface area (Å²) in [6.45, 7) is 1.96. The monoisotopic (exact) mass is 190 g/mol. The fourth-order valence-corrected chi connectivity index (χ4v) is 1.50. The summed E-state index contributed by atoms with van der Waals surface area (Å²) in [6.07, 6.45) is 4.06. The second-order valence-corrected chi connectivity index (χ2v) is 3.40. The maximum absolute atomic E-state index is 11.1. The van der Waals surface area contributed by atoms with Gasteiger partial charge in [-0.15, -0.1) is 11.6 Å². The number of carbonyl (C=O) groups excluding carboxylic acids is 1. The zero-order chi connectivity index (χ0) is 8.81. The van der Waals surface area contributed by atoms with E-state index in [0.29, 0.717) is 12.3 Å². The Labute approximate surface area is 78.0 Å². The van der Waals surface area contributed by atoms with Crippen LogP contribution in [-0.4, -0.2) is 29.9 Å². The van der Waals surface area contributed by atoms with E-state index in [2.05, 4.69) is 5.43 Å². The normalized spacial score (nSPS) is 19.1. The summed E-state index contributed by atoms with van der Waals surface area (Å²) in [5, 5.41) is 1.98. The van der Waals surface area contributed by atoms with E-state index in [1.807, 2.05) is 5.01 Å². The van der Waals surface area contributed by atoms with E-state index < -0.39 is 0 Å². The van der Waals surface area contributed by atoms with E-state index in [-0.39, 0.29) is 5.91 Å².